The van der Waals surface area contributed by atoms with E-state index in [2.05, 4.69) is 4.99 Å². The summed E-state index contributed by atoms with van der Waals surface area (Å²) in [5.41, 5.74) is 0.373. The number of carbonyl (C=O) groups excluding carboxylic acids is 1. The van der Waals surface area contributed by atoms with E-state index in [1.54, 1.807) is 47.5 Å². The lowest BCUT2D eigenvalue weighted by molar-refractivity contribution is -0.691. The normalized spacial score (nSPS) is 12.8. The van der Waals surface area contributed by atoms with Crippen LogP contribution in [0.4, 0.5) is 4.39 Å². The molecule has 1 aromatic carbocycles. The molecule has 3 aromatic rings. The Balaban J connectivity index is 1.93. The lowest BCUT2D eigenvalue weighted by atomic mass is 10.0. The quantitative estimate of drug-likeness (QED) is 0.224. The third kappa shape index (κ3) is 4.16. The molecule has 0 radical (unpaired) electrons. The van der Waals surface area contributed by atoms with Crippen LogP contribution in [0.3, 0.4) is 0 Å². The summed E-state index contributed by atoms with van der Waals surface area (Å²) in [6.07, 6.45) is 5.06. The fourth-order valence-corrected chi connectivity index (χ4v) is 2.67. The molecule has 0 unspecified atom stereocenters. The molecule has 0 spiro atoms. The van der Waals surface area contributed by atoms with Crippen LogP contribution in [0.2, 0.25) is 0 Å². The predicted molar refractivity (Wildman–Crippen MR) is 93.6 cm³/mol. The van der Waals surface area contributed by atoms with Crippen LogP contribution in [0.1, 0.15) is 22.2 Å². The van der Waals surface area contributed by atoms with Crippen molar-refractivity contribution in [3.05, 3.63) is 90.4 Å². The number of ketones is 1. The van der Waals surface area contributed by atoms with Gasteiger partial charge < -0.3 is 22.0 Å². The first kappa shape index (κ1) is 17.0. The second-order valence-corrected chi connectivity index (χ2v) is 5.75. The first-order chi connectivity index (χ1) is 12.1. The van der Waals surface area contributed by atoms with Gasteiger partial charge in [0.05, 0.1) is 12.8 Å². The van der Waals surface area contributed by atoms with Crippen molar-refractivity contribution in [3.8, 4) is 0 Å². The number of furan rings is 1. The van der Waals surface area contributed by atoms with E-state index in [1.165, 1.54) is 24.3 Å². The number of hydrogen-bond acceptors (Lipinski definition) is 4. The third-order valence-corrected chi connectivity index (χ3v) is 3.97. The monoisotopic (exact) mass is 354 g/mol. The Bertz CT molecular complexity index is 862. The van der Waals surface area contributed by atoms with Crippen LogP contribution in [0.15, 0.2) is 82.7 Å². The Hall–Kier alpha value is -2.86. The van der Waals surface area contributed by atoms with Crippen LogP contribution in [-0.4, -0.2) is 10.8 Å². The summed E-state index contributed by atoms with van der Waals surface area (Å²) in [7, 11) is 0. The highest BCUT2D eigenvalue weighted by atomic mass is 32.1. The highest BCUT2D eigenvalue weighted by Gasteiger charge is 2.28. The first-order valence-electron chi connectivity index (χ1n) is 7.64. The van der Waals surface area contributed by atoms with Gasteiger partial charge in [-0.1, -0.05) is 6.07 Å². The molecule has 25 heavy (non-hydrogen) atoms. The van der Waals surface area contributed by atoms with Crippen molar-refractivity contribution in [2.75, 3.05) is 0 Å². The molecule has 1 atom stereocenters. The van der Waals surface area contributed by atoms with E-state index < -0.39 is 11.9 Å². The minimum atomic E-state index is -0.781. The van der Waals surface area contributed by atoms with Gasteiger partial charge in [0.1, 0.15) is 11.6 Å². The van der Waals surface area contributed by atoms with Gasteiger partial charge in [0, 0.05) is 17.7 Å². The third-order valence-electron chi connectivity index (χ3n) is 3.62. The molecule has 0 bridgehead atoms. The van der Waals surface area contributed by atoms with Crippen LogP contribution in [0.5, 0.6) is 0 Å². The van der Waals surface area contributed by atoms with Crippen LogP contribution in [0.25, 0.3) is 0 Å². The minimum absolute atomic E-state index is 0.238. The smallest absolute Gasteiger partial charge is 0.237 e. The maximum atomic E-state index is 13.1. The molecule has 2 aromatic heterocycles. The topological polar surface area (TPSA) is 46.5 Å². The number of benzene rings is 1. The van der Waals surface area contributed by atoms with Gasteiger partial charge >= 0.3 is 0 Å². The van der Waals surface area contributed by atoms with E-state index in [0.717, 1.165) is 0 Å². The minimum Gasteiger partial charge on any atom is -0.758 e. The summed E-state index contributed by atoms with van der Waals surface area (Å²) in [5.74, 6) is 0.0170. The van der Waals surface area contributed by atoms with Crippen molar-refractivity contribution >= 4 is 23.5 Å². The molecule has 0 aliphatic heterocycles. The Morgan fingerprint density at radius 3 is 2.48 bits per heavy atom. The van der Waals surface area contributed by atoms with Crippen molar-refractivity contribution in [1.82, 2.24) is 0 Å². The molecule has 0 saturated heterocycles. The van der Waals surface area contributed by atoms with E-state index in [-0.39, 0.29) is 17.4 Å². The molecule has 0 aliphatic rings. The van der Waals surface area contributed by atoms with Gasteiger partial charge in [0.15, 0.2) is 12.4 Å². The second kappa shape index (κ2) is 7.81. The number of aromatic nitrogens is 1. The van der Waals surface area contributed by atoms with Gasteiger partial charge in [-0.25, -0.2) is 4.39 Å². The SMILES string of the molecule is O=C(c1ccc(F)cc1)[C@@H](C([S-])=NCc1ccco1)[n+]1ccccc1. The van der Waals surface area contributed by atoms with Gasteiger partial charge in [-0.05, 0) is 41.4 Å². The van der Waals surface area contributed by atoms with Crippen LogP contribution in [-0.2, 0) is 19.2 Å². The van der Waals surface area contributed by atoms with Crippen LogP contribution >= 0.6 is 0 Å². The van der Waals surface area contributed by atoms with Crippen molar-refractivity contribution in [2.45, 2.75) is 12.6 Å². The molecule has 3 rings (SSSR count). The Morgan fingerprint density at radius 1 is 1.12 bits per heavy atom. The van der Waals surface area contributed by atoms with Gasteiger partial charge in [0.2, 0.25) is 11.8 Å². The molecule has 0 fully saturated rings. The molecule has 6 heteroatoms. The summed E-state index contributed by atoms with van der Waals surface area (Å²) < 4.78 is 20.1. The van der Waals surface area contributed by atoms with E-state index in [9.17, 15) is 9.18 Å². The van der Waals surface area contributed by atoms with Crippen molar-refractivity contribution in [1.29, 1.82) is 0 Å². The van der Waals surface area contributed by atoms with Gasteiger partial charge in [-0.15, -0.1) is 0 Å². The number of nitrogens with zero attached hydrogens (tertiary/aromatic N) is 2. The molecule has 2 heterocycles. The van der Waals surface area contributed by atoms with Crippen molar-refractivity contribution in [3.63, 3.8) is 0 Å². The number of halogens is 1. The zero-order chi connectivity index (χ0) is 17.6. The lowest BCUT2D eigenvalue weighted by Crippen LogP contribution is -2.47. The molecule has 4 nitrogen and oxygen atoms in total. The maximum Gasteiger partial charge on any atom is 0.237 e. The molecule has 0 N–H and O–H groups in total. The maximum absolute atomic E-state index is 13.1. The van der Waals surface area contributed by atoms with E-state index in [1.807, 2.05) is 6.07 Å². The average Bonchev–Trinajstić information content (AvgIpc) is 3.15. The first-order valence-corrected chi connectivity index (χ1v) is 8.05. The summed E-state index contributed by atoms with van der Waals surface area (Å²) in [6, 6.07) is 13.6. The number of hydrogen-bond donors (Lipinski definition) is 0. The van der Waals surface area contributed by atoms with Gasteiger partial charge in [-0.3, -0.25) is 4.79 Å². The summed E-state index contributed by atoms with van der Waals surface area (Å²) >= 11 is 5.41. The predicted octanol–water partition coefficient (Wildman–Crippen LogP) is 3.28. The zero-order valence-electron chi connectivity index (χ0n) is 13.2. The molecular weight excluding hydrogens is 339 g/mol. The number of rotatable bonds is 6. The Morgan fingerprint density at radius 2 is 1.84 bits per heavy atom. The number of pyridine rings is 1. The molecule has 0 aliphatic carbocycles. The second-order valence-electron chi connectivity index (χ2n) is 5.33. The summed E-state index contributed by atoms with van der Waals surface area (Å²) in [5, 5.41) is 0.238. The summed E-state index contributed by atoms with van der Waals surface area (Å²) in [6.45, 7) is 0.256. The summed E-state index contributed by atoms with van der Waals surface area (Å²) in [4.78, 5) is 17.3. The van der Waals surface area contributed by atoms with E-state index in [0.29, 0.717) is 11.3 Å². The highest BCUT2D eigenvalue weighted by molar-refractivity contribution is 7.77. The van der Waals surface area contributed by atoms with E-state index in [4.69, 9.17) is 17.0 Å². The Labute approximate surface area is 150 Å². The van der Waals surface area contributed by atoms with Crippen molar-refractivity contribution < 1.29 is 18.2 Å². The van der Waals surface area contributed by atoms with Gasteiger partial charge in [0.25, 0.3) is 0 Å². The highest BCUT2D eigenvalue weighted by Crippen LogP contribution is 2.13. The van der Waals surface area contributed by atoms with Crippen LogP contribution < -0.4 is 4.57 Å². The van der Waals surface area contributed by atoms with Crippen molar-refractivity contribution in [2.24, 2.45) is 4.99 Å². The average molecular weight is 354 g/mol. The number of aliphatic imine (C=N–C) groups is 1. The number of carbonyl (C=O) groups is 1. The van der Waals surface area contributed by atoms with E-state index >= 15 is 0 Å². The molecule has 126 valence electrons. The fourth-order valence-electron chi connectivity index (χ4n) is 2.38. The molecule has 0 saturated carbocycles. The van der Waals surface area contributed by atoms with Crippen LogP contribution in [0, 0.1) is 5.82 Å². The molecular formula is C19H15FN2O2S. The Kier molecular flexibility index (Phi) is 5.30. The lowest BCUT2D eigenvalue weighted by Gasteiger charge is -2.18. The zero-order valence-corrected chi connectivity index (χ0v) is 14.0. The fraction of sp³-hybridized carbons (Fsp3) is 0.105. The van der Waals surface area contributed by atoms with Gasteiger partial charge in [-0.2, -0.15) is 4.57 Å². The standard InChI is InChI=1S/C19H15FN2O2S/c20-15-8-6-14(7-9-15)18(23)17(22-10-2-1-3-11-22)19(25)21-13-16-5-4-12-24-16/h1-12,17H,13H2/t17-/m0/s1. The largest absolute Gasteiger partial charge is 0.758 e. The number of Topliss-reactive ketones (excluding diaryl/α,β-unsaturated/α-hetero) is 1. The molecule has 0 amide bonds.